The van der Waals surface area contributed by atoms with Crippen LogP contribution in [0.25, 0.3) is 0 Å². The minimum absolute atomic E-state index is 0.0189. The van der Waals surface area contributed by atoms with E-state index in [0.717, 1.165) is 0 Å². The van der Waals surface area contributed by atoms with E-state index >= 15 is 0 Å². The minimum Gasteiger partial charge on any atom is -0.495 e. The first-order valence-corrected chi connectivity index (χ1v) is 7.91. The number of hydrogen-bond acceptors (Lipinski definition) is 4. The first kappa shape index (κ1) is 18.9. The third-order valence-electron chi connectivity index (χ3n) is 3.27. The van der Waals surface area contributed by atoms with Crippen LogP contribution in [0, 0.1) is 0 Å². The van der Waals surface area contributed by atoms with Gasteiger partial charge in [0.1, 0.15) is 11.5 Å². The smallest absolute Gasteiger partial charge is 0.335 e. The Balaban J connectivity index is 2.15. The second-order valence-electron chi connectivity index (χ2n) is 5.04. The molecule has 0 spiro atoms. The van der Waals surface area contributed by atoms with Gasteiger partial charge in [-0.2, -0.15) is 0 Å². The van der Waals surface area contributed by atoms with Crippen LogP contribution in [-0.4, -0.2) is 30.2 Å². The Morgan fingerprint density at radius 1 is 1.12 bits per heavy atom. The lowest BCUT2D eigenvalue weighted by Crippen LogP contribution is -2.30. The molecule has 25 heavy (non-hydrogen) atoms. The van der Waals surface area contributed by atoms with Crippen LogP contribution in [0.2, 0.25) is 10.0 Å². The third-order valence-corrected chi connectivity index (χ3v) is 3.80. The molecule has 2 N–H and O–H groups in total. The summed E-state index contributed by atoms with van der Waals surface area (Å²) in [6.07, 6.45) is -0.892. The van der Waals surface area contributed by atoms with E-state index in [1.165, 1.54) is 38.3 Å². The number of ether oxygens (including phenoxy) is 2. The van der Waals surface area contributed by atoms with E-state index in [0.29, 0.717) is 16.5 Å². The average Bonchev–Trinajstić information content (AvgIpc) is 2.57. The standard InChI is InChI=1S/C17H15Cl2NO5/c1-9(25-14-6-4-11(18)8-12(14)19)16(21)20-13-7-10(17(22)23)3-5-15(13)24-2/h3-9H,1-2H3,(H,20,21)(H,22,23). The first-order valence-electron chi connectivity index (χ1n) is 7.15. The number of hydrogen-bond donors (Lipinski definition) is 2. The van der Waals surface area contributed by atoms with Crippen molar-refractivity contribution in [3.05, 3.63) is 52.0 Å². The van der Waals surface area contributed by atoms with Crippen molar-refractivity contribution in [3.8, 4) is 11.5 Å². The molecule has 1 amide bonds. The minimum atomic E-state index is -1.12. The van der Waals surface area contributed by atoms with E-state index < -0.39 is 18.0 Å². The summed E-state index contributed by atoms with van der Waals surface area (Å²) in [5.41, 5.74) is 0.246. The third kappa shape index (κ3) is 4.78. The van der Waals surface area contributed by atoms with Crippen LogP contribution in [0.1, 0.15) is 17.3 Å². The fourth-order valence-corrected chi connectivity index (χ4v) is 2.44. The van der Waals surface area contributed by atoms with E-state index in [9.17, 15) is 9.59 Å². The van der Waals surface area contributed by atoms with Crippen molar-refractivity contribution in [2.75, 3.05) is 12.4 Å². The monoisotopic (exact) mass is 383 g/mol. The molecule has 132 valence electrons. The molecule has 2 aromatic rings. The molecule has 1 unspecified atom stereocenters. The SMILES string of the molecule is COc1ccc(C(=O)O)cc1NC(=O)C(C)Oc1ccc(Cl)cc1Cl. The van der Waals surface area contributed by atoms with Gasteiger partial charge in [-0.25, -0.2) is 4.79 Å². The second-order valence-corrected chi connectivity index (χ2v) is 5.89. The van der Waals surface area contributed by atoms with Gasteiger partial charge in [0.2, 0.25) is 0 Å². The highest BCUT2D eigenvalue weighted by Crippen LogP contribution is 2.29. The molecular formula is C17H15Cl2NO5. The summed E-state index contributed by atoms with van der Waals surface area (Å²) in [6, 6.07) is 8.79. The number of anilines is 1. The van der Waals surface area contributed by atoms with E-state index in [4.69, 9.17) is 37.8 Å². The molecule has 0 bridgehead atoms. The van der Waals surface area contributed by atoms with Crippen molar-refractivity contribution < 1.29 is 24.2 Å². The first-order chi connectivity index (χ1) is 11.8. The summed E-state index contributed by atoms with van der Waals surface area (Å²) in [7, 11) is 1.42. The van der Waals surface area contributed by atoms with Gasteiger partial charge in [-0.15, -0.1) is 0 Å². The summed E-state index contributed by atoms with van der Waals surface area (Å²) in [6.45, 7) is 1.54. The van der Waals surface area contributed by atoms with Gasteiger partial charge in [0, 0.05) is 5.02 Å². The highest BCUT2D eigenvalue weighted by Gasteiger charge is 2.19. The molecule has 0 saturated carbocycles. The quantitative estimate of drug-likeness (QED) is 0.783. The maximum atomic E-state index is 12.3. The van der Waals surface area contributed by atoms with E-state index in [1.807, 2.05) is 0 Å². The molecule has 2 aromatic carbocycles. The molecule has 0 radical (unpaired) electrons. The zero-order valence-electron chi connectivity index (χ0n) is 13.4. The number of nitrogens with one attached hydrogen (secondary N) is 1. The molecule has 0 aliphatic rings. The molecule has 2 rings (SSSR count). The lowest BCUT2D eigenvalue weighted by atomic mass is 10.2. The lowest BCUT2D eigenvalue weighted by Gasteiger charge is -2.17. The number of rotatable bonds is 6. The Kier molecular flexibility index (Phi) is 6.12. The normalized spacial score (nSPS) is 11.5. The molecular weight excluding hydrogens is 369 g/mol. The molecule has 0 heterocycles. The Morgan fingerprint density at radius 3 is 2.40 bits per heavy atom. The molecule has 0 fully saturated rings. The van der Waals surface area contributed by atoms with E-state index in [1.54, 1.807) is 12.1 Å². The van der Waals surface area contributed by atoms with Crippen LogP contribution in [0.5, 0.6) is 11.5 Å². The predicted molar refractivity (Wildman–Crippen MR) is 95.1 cm³/mol. The van der Waals surface area contributed by atoms with Crippen LogP contribution in [0.4, 0.5) is 5.69 Å². The van der Waals surface area contributed by atoms with Gasteiger partial charge < -0.3 is 19.9 Å². The number of amides is 1. The summed E-state index contributed by atoms with van der Waals surface area (Å²) < 4.78 is 10.7. The van der Waals surface area contributed by atoms with Gasteiger partial charge >= 0.3 is 5.97 Å². The topological polar surface area (TPSA) is 84.9 Å². The van der Waals surface area contributed by atoms with Crippen molar-refractivity contribution in [1.82, 2.24) is 0 Å². The van der Waals surface area contributed by atoms with Crippen molar-refractivity contribution >= 4 is 40.8 Å². The van der Waals surface area contributed by atoms with Crippen molar-refractivity contribution in [1.29, 1.82) is 0 Å². The zero-order chi connectivity index (χ0) is 18.6. The highest BCUT2D eigenvalue weighted by atomic mass is 35.5. The average molecular weight is 384 g/mol. The van der Waals surface area contributed by atoms with Gasteiger partial charge in [-0.1, -0.05) is 23.2 Å². The number of carboxylic acids is 1. The Bertz CT molecular complexity index is 810. The van der Waals surface area contributed by atoms with Crippen molar-refractivity contribution in [2.45, 2.75) is 13.0 Å². The molecule has 6 nitrogen and oxygen atoms in total. The van der Waals surface area contributed by atoms with E-state index in [2.05, 4.69) is 5.32 Å². The number of carboxylic acid groups (broad SMARTS) is 1. The molecule has 0 saturated heterocycles. The number of benzene rings is 2. The fourth-order valence-electron chi connectivity index (χ4n) is 1.99. The lowest BCUT2D eigenvalue weighted by molar-refractivity contribution is -0.122. The summed E-state index contributed by atoms with van der Waals surface area (Å²) in [5.74, 6) is -0.975. The number of carbonyl (C=O) groups is 2. The maximum absolute atomic E-state index is 12.3. The summed E-state index contributed by atoms with van der Waals surface area (Å²) in [4.78, 5) is 23.4. The molecule has 0 aliphatic heterocycles. The molecule has 0 aliphatic carbocycles. The van der Waals surface area contributed by atoms with Crippen LogP contribution in [-0.2, 0) is 4.79 Å². The van der Waals surface area contributed by atoms with Gasteiger partial charge in [-0.3, -0.25) is 4.79 Å². The Labute approximate surface area is 154 Å². The van der Waals surface area contributed by atoms with Crippen molar-refractivity contribution in [3.63, 3.8) is 0 Å². The van der Waals surface area contributed by atoms with Crippen LogP contribution in [0.15, 0.2) is 36.4 Å². The van der Waals surface area contributed by atoms with Gasteiger partial charge in [0.25, 0.3) is 5.91 Å². The second kappa shape index (κ2) is 8.09. The van der Waals surface area contributed by atoms with Gasteiger partial charge in [-0.05, 0) is 43.3 Å². The highest BCUT2D eigenvalue weighted by molar-refractivity contribution is 6.35. The number of aromatic carboxylic acids is 1. The van der Waals surface area contributed by atoms with Gasteiger partial charge in [0.15, 0.2) is 6.10 Å². The number of halogens is 2. The summed E-state index contributed by atoms with van der Waals surface area (Å²) >= 11 is 11.8. The van der Waals surface area contributed by atoms with Crippen LogP contribution >= 0.6 is 23.2 Å². The fraction of sp³-hybridized carbons (Fsp3) is 0.176. The summed E-state index contributed by atoms with van der Waals surface area (Å²) in [5, 5.41) is 12.4. The Hall–Kier alpha value is -2.44. The van der Waals surface area contributed by atoms with Crippen LogP contribution in [0.3, 0.4) is 0 Å². The number of carbonyl (C=O) groups excluding carboxylic acids is 1. The molecule has 0 aromatic heterocycles. The molecule has 8 heteroatoms. The predicted octanol–water partition coefficient (Wildman–Crippen LogP) is 4.11. The molecule has 1 atom stereocenters. The largest absolute Gasteiger partial charge is 0.495 e. The number of methoxy groups -OCH3 is 1. The Morgan fingerprint density at radius 2 is 1.80 bits per heavy atom. The maximum Gasteiger partial charge on any atom is 0.335 e. The van der Waals surface area contributed by atoms with Crippen molar-refractivity contribution in [2.24, 2.45) is 0 Å². The van der Waals surface area contributed by atoms with Crippen LogP contribution < -0.4 is 14.8 Å². The van der Waals surface area contributed by atoms with E-state index in [-0.39, 0.29) is 16.3 Å². The van der Waals surface area contributed by atoms with Gasteiger partial charge in [0.05, 0.1) is 23.4 Å². The zero-order valence-corrected chi connectivity index (χ0v) is 14.9.